The number of para-hydroxylation sites is 1. The number of esters is 1. The fourth-order valence-corrected chi connectivity index (χ4v) is 2.64. The Morgan fingerprint density at radius 1 is 1.11 bits per heavy atom. The molecule has 1 amide bonds. The van der Waals surface area contributed by atoms with Crippen LogP contribution in [-0.2, 0) is 9.53 Å². The molecule has 0 aliphatic carbocycles. The highest BCUT2D eigenvalue weighted by atomic mass is 35.5. The third-order valence-electron chi connectivity index (χ3n) is 3.84. The van der Waals surface area contributed by atoms with E-state index in [4.69, 9.17) is 21.4 Å². The fourth-order valence-electron chi connectivity index (χ4n) is 2.45. The van der Waals surface area contributed by atoms with E-state index in [0.717, 1.165) is 0 Å². The van der Waals surface area contributed by atoms with Crippen LogP contribution in [0.1, 0.15) is 27.6 Å². The monoisotopic (exact) mass is 399 g/mol. The number of nitrogens with zero attached hydrogens (tertiary/aromatic N) is 2. The molecule has 1 heterocycles. The van der Waals surface area contributed by atoms with Gasteiger partial charge in [-0.15, -0.1) is 0 Å². The summed E-state index contributed by atoms with van der Waals surface area (Å²) >= 11 is 5.80. The predicted octanol–water partition coefficient (Wildman–Crippen LogP) is 3.17. The Balaban J connectivity index is 1.73. The van der Waals surface area contributed by atoms with E-state index in [1.165, 1.54) is 43.6 Å². The molecule has 2 N–H and O–H groups in total. The van der Waals surface area contributed by atoms with Gasteiger partial charge in [-0.1, -0.05) is 17.7 Å². The minimum atomic E-state index is -1.22. The number of carboxylic acids is 1. The first-order valence-corrected chi connectivity index (χ1v) is 8.49. The van der Waals surface area contributed by atoms with Gasteiger partial charge in [0.05, 0.1) is 21.7 Å². The lowest BCUT2D eigenvalue weighted by Gasteiger charge is -2.14. The number of hydrogen-bond acceptors (Lipinski definition) is 6. The molecular weight excluding hydrogens is 386 g/mol. The Hall–Kier alpha value is -3.52. The highest BCUT2D eigenvalue weighted by Crippen LogP contribution is 2.21. The first kappa shape index (κ1) is 19.2. The first-order chi connectivity index (χ1) is 13.4. The van der Waals surface area contributed by atoms with Crippen LogP contribution in [0.3, 0.4) is 0 Å². The zero-order valence-electron chi connectivity index (χ0n) is 14.5. The molecule has 0 saturated heterocycles. The molecular formula is C19H14ClN3O5. The van der Waals surface area contributed by atoms with E-state index < -0.39 is 23.9 Å². The van der Waals surface area contributed by atoms with Crippen molar-refractivity contribution in [2.75, 3.05) is 5.32 Å². The fraction of sp³-hybridized carbons (Fsp3) is 0.105. The zero-order valence-corrected chi connectivity index (χ0v) is 15.3. The quantitative estimate of drug-likeness (QED) is 0.632. The van der Waals surface area contributed by atoms with Gasteiger partial charge in [-0.3, -0.25) is 14.8 Å². The molecule has 1 aromatic heterocycles. The number of carbonyl (C=O) groups is 3. The van der Waals surface area contributed by atoms with Gasteiger partial charge in [-0.2, -0.15) is 0 Å². The second kappa shape index (κ2) is 8.01. The molecule has 2 aromatic carbocycles. The molecule has 0 saturated carbocycles. The number of amides is 1. The van der Waals surface area contributed by atoms with Gasteiger partial charge in [-0.25, -0.2) is 9.59 Å². The highest BCUT2D eigenvalue weighted by molar-refractivity contribution is 6.33. The molecule has 0 bridgehead atoms. The van der Waals surface area contributed by atoms with Crippen LogP contribution in [0.4, 0.5) is 5.69 Å². The Morgan fingerprint density at radius 3 is 2.61 bits per heavy atom. The van der Waals surface area contributed by atoms with Gasteiger partial charge in [0.25, 0.3) is 5.91 Å². The normalized spacial score (nSPS) is 11.6. The molecule has 142 valence electrons. The standard InChI is InChI=1S/C19H14ClN3O5/c1-10(17(24)23-11-5-6-14(20)13(9-11)18(25)26)28-19(27)12-3-2-4-15-16(12)22-8-7-21-15/h2-10H,1H3,(H,23,24)(H,25,26). The molecule has 0 fully saturated rings. The number of aromatic carboxylic acids is 1. The van der Waals surface area contributed by atoms with Gasteiger partial charge < -0.3 is 15.2 Å². The number of anilines is 1. The molecule has 0 spiro atoms. The van der Waals surface area contributed by atoms with E-state index in [1.54, 1.807) is 12.1 Å². The SMILES string of the molecule is CC(OC(=O)c1cccc2nccnc12)C(=O)Nc1ccc(Cl)c(C(=O)O)c1. The number of nitrogens with one attached hydrogen (secondary N) is 1. The van der Waals surface area contributed by atoms with E-state index in [1.807, 2.05) is 0 Å². The number of carboxylic acid groups (broad SMARTS) is 1. The molecule has 0 aliphatic rings. The summed E-state index contributed by atoms with van der Waals surface area (Å²) in [7, 11) is 0. The molecule has 1 unspecified atom stereocenters. The van der Waals surface area contributed by atoms with Crippen molar-refractivity contribution >= 4 is 46.2 Å². The third kappa shape index (κ3) is 4.07. The van der Waals surface area contributed by atoms with Crippen molar-refractivity contribution in [1.29, 1.82) is 0 Å². The van der Waals surface area contributed by atoms with Gasteiger partial charge in [0.15, 0.2) is 6.10 Å². The minimum absolute atomic E-state index is 0.0436. The summed E-state index contributed by atoms with van der Waals surface area (Å²) in [5.74, 6) is -2.58. The first-order valence-electron chi connectivity index (χ1n) is 8.11. The summed E-state index contributed by atoms with van der Waals surface area (Å²) in [6.45, 7) is 1.40. The van der Waals surface area contributed by atoms with Crippen LogP contribution in [0.5, 0.6) is 0 Å². The maximum atomic E-state index is 12.4. The van der Waals surface area contributed by atoms with Gasteiger partial charge in [0.1, 0.15) is 5.52 Å². The van der Waals surface area contributed by atoms with E-state index in [-0.39, 0.29) is 21.8 Å². The summed E-state index contributed by atoms with van der Waals surface area (Å²) in [4.78, 5) is 44.1. The van der Waals surface area contributed by atoms with E-state index in [0.29, 0.717) is 11.0 Å². The summed E-state index contributed by atoms with van der Waals surface area (Å²) in [6.07, 6.45) is 1.82. The van der Waals surface area contributed by atoms with E-state index >= 15 is 0 Å². The average molecular weight is 400 g/mol. The van der Waals surface area contributed by atoms with E-state index in [9.17, 15) is 14.4 Å². The van der Waals surface area contributed by atoms with E-state index in [2.05, 4.69) is 15.3 Å². The smallest absolute Gasteiger partial charge is 0.341 e. The lowest BCUT2D eigenvalue weighted by atomic mass is 10.1. The van der Waals surface area contributed by atoms with Gasteiger partial charge in [0.2, 0.25) is 0 Å². The minimum Gasteiger partial charge on any atom is -0.478 e. The number of halogens is 1. The van der Waals surface area contributed by atoms with Crippen LogP contribution in [0.2, 0.25) is 5.02 Å². The van der Waals surface area contributed by atoms with Crippen molar-refractivity contribution in [2.24, 2.45) is 0 Å². The van der Waals surface area contributed by atoms with Crippen LogP contribution in [0.15, 0.2) is 48.8 Å². The number of fused-ring (bicyclic) bond motifs is 1. The topological polar surface area (TPSA) is 118 Å². The number of rotatable bonds is 5. The number of aromatic nitrogens is 2. The molecule has 1 atom stereocenters. The number of hydrogen-bond donors (Lipinski definition) is 2. The van der Waals surface area contributed by atoms with Gasteiger partial charge in [-0.05, 0) is 37.3 Å². The molecule has 8 nitrogen and oxygen atoms in total. The van der Waals surface area contributed by atoms with Crippen LogP contribution in [-0.4, -0.2) is 39.0 Å². The van der Waals surface area contributed by atoms with Crippen molar-refractivity contribution in [2.45, 2.75) is 13.0 Å². The third-order valence-corrected chi connectivity index (χ3v) is 4.17. The van der Waals surface area contributed by atoms with Crippen molar-refractivity contribution < 1.29 is 24.2 Å². The Labute approximate surface area is 164 Å². The Kier molecular flexibility index (Phi) is 5.51. The lowest BCUT2D eigenvalue weighted by Crippen LogP contribution is -2.30. The molecule has 0 radical (unpaired) electrons. The Morgan fingerprint density at radius 2 is 1.86 bits per heavy atom. The highest BCUT2D eigenvalue weighted by Gasteiger charge is 2.21. The maximum Gasteiger partial charge on any atom is 0.341 e. The molecule has 3 aromatic rings. The lowest BCUT2D eigenvalue weighted by molar-refractivity contribution is -0.123. The molecule has 3 rings (SSSR count). The van der Waals surface area contributed by atoms with Crippen molar-refractivity contribution in [3.8, 4) is 0 Å². The maximum absolute atomic E-state index is 12.4. The second-order valence-electron chi connectivity index (χ2n) is 5.77. The second-order valence-corrected chi connectivity index (χ2v) is 6.17. The van der Waals surface area contributed by atoms with Gasteiger partial charge in [0, 0.05) is 18.1 Å². The predicted molar refractivity (Wildman–Crippen MR) is 101 cm³/mol. The van der Waals surface area contributed by atoms with Crippen molar-refractivity contribution in [3.05, 3.63) is 64.9 Å². The van der Waals surface area contributed by atoms with Crippen LogP contribution < -0.4 is 5.32 Å². The molecule has 0 aliphatic heterocycles. The molecule has 28 heavy (non-hydrogen) atoms. The largest absolute Gasteiger partial charge is 0.478 e. The van der Waals surface area contributed by atoms with Crippen LogP contribution >= 0.6 is 11.6 Å². The van der Waals surface area contributed by atoms with Crippen LogP contribution in [0, 0.1) is 0 Å². The van der Waals surface area contributed by atoms with Crippen LogP contribution in [0.25, 0.3) is 11.0 Å². The molecule has 9 heteroatoms. The average Bonchev–Trinajstić information content (AvgIpc) is 2.68. The Bertz CT molecular complexity index is 1080. The van der Waals surface area contributed by atoms with Gasteiger partial charge >= 0.3 is 11.9 Å². The summed E-state index contributed by atoms with van der Waals surface area (Å²) in [5, 5.41) is 11.6. The van der Waals surface area contributed by atoms with Crippen molar-refractivity contribution in [3.63, 3.8) is 0 Å². The summed E-state index contributed by atoms with van der Waals surface area (Å²) in [5.41, 5.74) is 1.14. The summed E-state index contributed by atoms with van der Waals surface area (Å²) in [6, 6.07) is 8.89. The number of carbonyl (C=O) groups excluding carboxylic acids is 2. The number of benzene rings is 2. The van der Waals surface area contributed by atoms with Crippen molar-refractivity contribution in [1.82, 2.24) is 9.97 Å². The zero-order chi connectivity index (χ0) is 20.3. The summed E-state index contributed by atoms with van der Waals surface area (Å²) < 4.78 is 5.22. The number of ether oxygens (including phenoxy) is 1.